The van der Waals surface area contributed by atoms with Crippen molar-refractivity contribution >= 4 is 11.7 Å². The number of anilines is 1. The first-order chi connectivity index (χ1) is 8.02. The van der Waals surface area contributed by atoms with Crippen molar-refractivity contribution in [3.8, 4) is 0 Å². The van der Waals surface area contributed by atoms with Crippen molar-refractivity contribution in [2.45, 2.75) is 32.2 Å². The summed E-state index contributed by atoms with van der Waals surface area (Å²) in [4.78, 5) is 15.9. The van der Waals surface area contributed by atoms with Crippen LogP contribution in [0.15, 0.2) is 18.3 Å². The standard InChI is InChI=1S/C12H16FN3O/c1-12(6-2-3-9(12)14)11(17)16-10-5-4-8(13)7-15-10/h4-5,7,9H,2-3,6,14H2,1H3,(H,15,16,17). The molecule has 5 heteroatoms. The van der Waals surface area contributed by atoms with E-state index in [-0.39, 0.29) is 11.9 Å². The summed E-state index contributed by atoms with van der Waals surface area (Å²) in [5, 5.41) is 2.69. The predicted molar refractivity (Wildman–Crippen MR) is 62.8 cm³/mol. The molecule has 0 spiro atoms. The summed E-state index contributed by atoms with van der Waals surface area (Å²) < 4.78 is 12.7. The SMILES string of the molecule is CC1(C(=O)Nc2ccc(F)cn2)CCCC1N. The van der Waals surface area contributed by atoms with Crippen LogP contribution in [-0.4, -0.2) is 16.9 Å². The third kappa shape index (κ3) is 2.29. The molecule has 1 aliphatic carbocycles. The number of carbonyl (C=O) groups excluding carboxylic acids is 1. The molecule has 4 nitrogen and oxygen atoms in total. The molecule has 1 saturated carbocycles. The number of halogens is 1. The molecule has 1 fully saturated rings. The number of rotatable bonds is 2. The van der Waals surface area contributed by atoms with Crippen molar-refractivity contribution in [1.82, 2.24) is 4.98 Å². The molecule has 0 aliphatic heterocycles. The van der Waals surface area contributed by atoms with Gasteiger partial charge in [0, 0.05) is 6.04 Å². The van der Waals surface area contributed by atoms with Gasteiger partial charge in [0.15, 0.2) is 0 Å². The second kappa shape index (κ2) is 4.41. The van der Waals surface area contributed by atoms with E-state index >= 15 is 0 Å². The molecule has 1 aliphatic rings. The highest BCUT2D eigenvalue weighted by Gasteiger charge is 2.43. The first-order valence-corrected chi connectivity index (χ1v) is 5.71. The summed E-state index contributed by atoms with van der Waals surface area (Å²) in [5.41, 5.74) is 5.41. The Morgan fingerprint density at radius 3 is 2.94 bits per heavy atom. The molecule has 3 N–H and O–H groups in total. The summed E-state index contributed by atoms with van der Waals surface area (Å²) in [6, 6.07) is 2.58. The highest BCUT2D eigenvalue weighted by molar-refractivity contribution is 5.95. The van der Waals surface area contributed by atoms with Gasteiger partial charge in [0.05, 0.1) is 11.6 Å². The number of hydrogen-bond acceptors (Lipinski definition) is 3. The minimum Gasteiger partial charge on any atom is -0.327 e. The summed E-state index contributed by atoms with van der Waals surface area (Å²) >= 11 is 0. The molecule has 1 amide bonds. The Balaban J connectivity index is 2.09. The Morgan fingerprint density at radius 1 is 1.65 bits per heavy atom. The molecule has 0 aromatic carbocycles. The quantitative estimate of drug-likeness (QED) is 0.822. The van der Waals surface area contributed by atoms with Crippen LogP contribution in [-0.2, 0) is 4.79 Å². The molecule has 0 radical (unpaired) electrons. The Kier molecular flexibility index (Phi) is 3.11. The summed E-state index contributed by atoms with van der Waals surface area (Å²) in [6.45, 7) is 1.86. The van der Waals surface area contributed by atoms with Crippen LogP contribution in [0.4, 0.5) is 10.2 Å². The minimum atomic E-state index is -0.546. The van der Waals surface area contributed by atoms with Crippen LogP contribution in [0.5, 0.6) is 0 Å². The van der Waals surface area contributed by atoms with Crippen molar-refractivity contribution < 1.29 is 9.18 Å². The number of nitrogens with two attached hydrogens (primary N) is 1. The molecule has 0 bridgehead atoms. The normalized spacial score (nSPS) is 28.1. The third-order valence-electron chi connectivity index (χ3n) is 3.52. The fourth-order valence-corrected chi connectivity index (χ4v) is 2.18. The van der Waals surface area contributed by atoms with E-state index in [1.54, 1.807) is 0 Å². The molecule has 92 valence electrons. The van der Waals surface area contributed by atoms with Crippen LogP contribution in [0.1, 0.15) is 26.2 Å². The van der Waals surface area contributed by atoms with Gasteiger partial charge in [-0.3, -0.25) is 4.79 Å². The maximum Gasteiger partial charge on any atom is 0.233 e. The molecular formula is C12H16FN3O. The lowest BCUT2D eigenvalue weighted by Crippen LogP contribution is -2.44. The van der Waals surface area contributed by atoms with Crippen LogP contribution >= 0.6 is 0 Å². The molecule has 2 unspecified atom stereocenters. The maximum absolute atomic E-state index is 12.7. The van der Waals surface area contributed by atoms with Crippen molar-refractivity contribution in [3.63, 3.8) is 0 Å². The molecule has 2 atom stereocenters. The number of carbonyl (C=O) groups is 1. The lowest BCUT2D eigenvalue weighted by Gasteiger charge is -2.27. The molecule has 0 saturated heterocycles. The van der Waals surface area contributed by atoms with Crippen LogP contribution in [0.2, 0.25) is 0 Å². The Labute approximate surface area is 99.4 Å². The van der Waals surface area contributed by atoms with Gasteiger partial charge in [-0.1, -0.05) is 6.42 Å². The smallest absolute Gasteiger partial charge is 0.233 e. The Morgan fingerprint density at radius 2 is 2.41 bits per heavy atom. The van der Waals surface area contributed by atoms with E-state index in [0.717, 1.165) is 25.5 Å². The first-order valence-electron chi connectivity index (χ1n) is 5.71. The number of amides is 1. The molecule has 1 aromatic rings. The summed E-state index contributed by atoms with van der Waals surface area (Å²) in [5.74, 6) is -0.204. The number of pyridine rings is 1. The molecule has 17 heavy (non-hydrogen) atoms. The van der Waals surface area contributed by atoms with Crippen LogP contribution < -0.4 is 11.1 Å². The number of aromatic nitrogens is 1. The number of nitrogens with one attached hydrogen (secondary N) is 1. The minimum absolute atomic E-state index is 0.122. The summed E-state index contributed by atoms with van der Waals surface area (Å²) in [6.07, 6.45) is 3.68. The van der Waals surface area contributed by atoms with E-state index in [2.05, 4.69) is 10.3 Å². The van der Waals surface area contributed by atoms with E-state index < -0.39 is 11.2 Å². The fourth-order valence-electron chi connectivity index (χ4n) is 2.18. The largest absolute Gasteiger partial charge is 0.327 e. The van der Waals surface area contributed by atoms with Crippen molar-refractivity contribution in [2.24, 2.45) is 11.1 Å². The second-order valence-electron chi connectivity index (χ2n) is 4.73. The van der Waals surface area contributed by atoms with Gasteiger partial charge in [0.2, 0.25) is 5.91 Å². The molecule has 2 rings (SSSR count). The van der Waals surface area contributed by atoms with Gasteiger partial charge in [-0.05, 0) is 31.9 Å². The zero-order valence-electron chi connectivity index (χ0n) is 9.74. The van der Waals surface area contributed by atoms with Gasteiger partial charge in [0.25, 0.3) is 0 Å². The van der Waals surface area contributed by atoms with Crippen molar-refractivity contribution in [2.75, 3.05) is 5.32 Å². The van der Waals surface area contributed by atoms with Gasteiger partial charge in [0.1, 0.15) is 11.6 Å². The Bertz CT molecular complexity index is 420. The topological polar surface area (TPSA) is 68.0 Å². The zero-order chi connectivity index (χ0) is 12.5. The average Bonchev–Trinajstić information content (AvgIpc) is 2.64. The second-order valence-corrected chi connectivity index (χ2v) is 4.73. The lowest BCUT2D eigenvalue weighted by molar-refractivity contribution is -0.125. The van der Waals surface area contributed by atoms with Gasteiger partial charge in [-0.2, -0.15) is 0 Å². The van der Waals surface area contributed by atoms with Crippen molar-refractivity contribution in [1.29, 1.82) is 0 Å². The zero-order valence-corrected chi connectivity index (χ0v) is 9.74. The predicted octanol–water partition coefficient (Wildman–Crippen LogP) is 1.68. The van der Waals surface area contributed by atoms with Crippen molar-refractivity contribution in [3.05, 3.63) is 24.1 Å². The fraction of sp³-hybridized carbons (Fsp3) is 0.500. The number of nitrogens with zero attached hydrogens (tertiary/aromatic N) is 1. The third-order valence-corrected chi connectivity index (χ3v) is 3.52. The molecule has 1 heterocycles. The lowest BCUT2D eigenvalue weighted by atomic mass is 9.84. The maximum atomic E-state index is 12.7. The molecular weight excluding hydrogens is 221 g/mol. The molecule has 1 aromatic heterocycles. The van der Waals surface area contributed by atoms with E-state index in [1.807, 2.05) is 6.92 Å². The van der Waals surface area contributed by atoms with Gasteiger partial charge >= 0.3 is 0 Å². The highest BCUT2D eigenvalue weighted by Crippen LogP contribution is 2.37. The van der Waals surface area contributed by atoms with Crippen LogP contribution in [0.25, 0.3) is 0 Å². The van der Waals surface area contributed by atoms with Gasteiger partial charge < -0.3 is 11.1 Å². The van der Waals surface area contributed by atoms with Crippen LogP contribution in [0, 0.1) is 11.2 Å². The average molecular weight is 237 g/mol. The summed E-state index contributed by atoms with van der Waals surface area (Å²) in [7, 11) is 0. The Hall–Kier alpha value is -1.49. The van der Waals surface area contributed by atoms with E-state index in [0.29, 0.717) is 5.82 Å². The van der Waals surface area contributed by atoms with Crippen LogP contribution in [0.3, 0.4) is 0 Å². The van der Waals surface area contributed by atoms with Gasteiger partial charge in [-0.15, -0.1) is 0 Å². The highest BCUT2D eigenvalue weighted by atomic mass is 19.1. The monoisotopic (exact) mass is 237 g/mol. The van der Waals surface area contributed by atoms with E-state index in [9.17, 15) is 9.18 Å². The number of hydrogen-bond donors (Lipinski definition) is 2. The first kappa shape index (κ1) is 12.0. The van der Waals surface area contributed by atoms with Gasteiger partial charge in [-0.25, -0.2) is 9.37 Å². The van der Waals surface area contributed by atoms with E-state index in [4.69, 9.17) is 5.73 Å². The van der Waals surface area contributed by atoms with E-state index in [1.165, 1.54) is 12.1 Å².